The van der Waals surface area contributed by atoms with Gasteiger partial charge in [0.1, 0.15) is 5.82 Å². The number of amides is 2. The van der Waals surface area contributed by atoms with E-state index in [9.17, 15) is 18.8 Å². The lowest BCUT2D eigenvalue weighted by molar-refractivity contribution is 0.0695. The summed E-state index contributed by atoms with van der Waals surface area (Å²) in [6, 6.07) is 9.92. The first-order valence-electron chi connectivity index (χ1n) is 8.52. The number of aromatic carboxylic acids is 1. The van der Waals surface area contributed by atoms with Crippen LogP contribution < -0.4 is 10.6 Å². The number of carbonyl (C=O) groups excluding carboxylic acids is 2. The van der Waals surface area contributed by atoms with E-state index >= 15 is 0 Å². The van der Waals surface area contributed by atoms with Gasteiger partial charge >= 0.3 is 5.97 Å². The Hall–Kier alpha value is -3.22. The second-order valence-corrected chi connectivity index (χ2v) is 6.17. The van der Waals surface area contributed by atoms with Crippen molar-refractivity contribution in [3.63, 3.8) is 0 Å². The van der Waals surface area contributed by atoms with Crippen molar-refractivity contribution in [3.8, 4) is 0 Å². The van der Waals surface area contributed by atoms with E-state index in [4.69, 9.17) is 5.11 Å². The van der Waals surface area contributed by atoms with Crippen LogP contribution in [0.3, 0.4) is 0 Å². The first kappa shape index (κ1) is 20.1. The van der Waals surface area contributed by atoms with Crippen LogP contribution >= 0.6 is 0 Å². The predicted molar refractivity (Wildman–Crippen MR) is 98.2 cm³/mol. The number of nitrogens with one attached hydrogen (secondary N) is 2. The van der Waals surface area contributed by atoms with Crippen molar-refractivity contribution < 1.29 is 23.9 Å². The van der Waals surface area contributed by atoms with Crippen LogP contribution in [0.5, 0.6) is 0 Å². The zero-order valence-corrected chi connectivity index (χ0v) is 15.1. The molecule has 2 rings (SSSR count). The summed E-state index contributed by atoms with van der Waals surface area (Å²) in [6.45, 7) is 3.98. The minimum absolute atomic E-state index is 0.0533. The Morgan fingerprint density at radius 3 is 2.44 bits per heavy atom. The number of rotatable bonds is 7. The average Bonchev–Trinajstić information content (AvgIpc) is 2.65. The van der Waals surface area contributed by atoms with Crippen LogP contribution in [-0.2, 0) is 6.54 Å². The van der Waals surface area contributed by atoms with Crippen LogP contribution in [0.1, 0.15) is 56.9 Å². The third-order valence-electron chi connectivity index (χ3n) is 4.09. The number of halogens is 1. The van der Waals surface area contributed by atoms with Gasteiger partial charge in [0.15, 0.2) is 0 Å². The largest absolute Gasteiger partial charge is 0.478 e. The number of carbonyl (C=O) groups is 3. The Kier molecular flexibility index (Phi) is 6.65. The van der Waals surface area contributed by atoms with Crippen LogP contribution in [0.2, 0.25) is 0 Å². The quantitative estimate of drug-likeness (QED) is 0.696. The SMILES string of the molecule is CCC(C)NC(=O)c1cccc(CNC(=O)c2ccc(C(=O)O)cc2F)c1. The minimum atomic E-state index is -1.27. The molecular formula is C20H21FN2O4. The van der Waals surface area contributed by atoms with Crippen molar-refractivity contribution in [1.82, 2.24) is 10.6 Å². The highest BCUT2D eigenvalue weighted by molar-refractivity contribution is 5.96. The molecule has 0 spiro atoms. The van der Waals surface area contributed by atoms with E-state index in [0.29, 0.717) is 11.1 Å². The van der Waals surface area contributed by atoms with Gasteiger partial charge in [-0.15, -0.1) is 0 Å². The minimum Gasteiger partial charge on any atom is -0.478 e. The molecule has 0 aromatic heterocycles. The van der Waals surface area contributed by atoms with Gasteiger partial charge in [-0.2, -0.15) is 0 Å². The first-order valence-corrected chi connectivity index (χ1v) is 8.52. The van der Waals surface area contributed by atoms with E-state index in [1.165, 1.54) is 6.07 Å². The van der Waals surface area contributed by atoms with E-state index < -0.39 is 17.7 Å². The van der Waals surface area contributed by atoms with Crippen LogP contribution in [0.4, 0.5) is 4.39 Å². The molecule has 2 aromatic rings. The lowest BCUT2D eigenvalue weighted by atomic mass is 10.1. The van der Waals surface area contributed by atoms with Crippen molar-refractivity contribution in [2.75, 3.05) is 0 Å². The highest BCUT2D eigenvalue weighted by Gasteiger charge is 2.15. The molecule has 6 nitrogen and oxygen atoms in total. The van der Waals surface area contributed by atoms with Crippen molar-refractivity contribution in [2.45, 2.75) is 32.9 Å². The Labute approximate surface area is 156 Å². The zero-order valence-electron chi connectivity index (χ0n) is 15.1. The Morgan fingerprint density at radius 2 is 1.81 bits per heavy atom. The van der Waals surface area contributed by atoms with E-state index in [1.807, 2.05) is 13.8 Å². The Balaban J connectivity index is 2.04. The van der Waals surface area contributed by atoms with Crippen molar-refractivity contribution in [3.05, 3.63) is 70.5 Å². The molecule has 0 heterocycles. The lowest BCUT2D eigenvalue weighted by Crippen LogP contribution is -2.32. The molecule has 7 heteroatoms. The Bertz CT molecular complexity index is 867. The van der Waals surface area contributed by atoms with Gasteiger partial charge in [-0.05, 0) is 49.2 Å². The molecule has 3 N–H and O–H groups in total. The summed E-state index contributed by atoms with van der Waals surface area (Å²) in [5.74, 6) is -3.05. The summed E-state index contributed by atoms with van der Waals surface area (Å²) in [6.07, 6.45) is 0.813. The highest BCUT2D eigenvalue weighted by Crippen LogP contribution is 2.12. The molecule has 0 saturated heterocycles. The summed E-state index contributed by atoms with van der Waals surface area (Å²) in [4.78, 5) is 35.1. The van der Waals surface area contributed by atoms with Crippen LogP contribution in [-0.4, -0.2) is 28.9 Å². The first-order chi connectivity index (χ1) is 12.8. The number of carboxylic acids is 1. The molecule has 2 amide bonds. The summed E-state index contributed by atoms with van der Waals surface area (Å²) in [7, 11) is 0. The molecule has 0 saturated carbocycles. The fourth-order valence-electron chi connectivity index (χ4n) is 2.34. The second kappa shape index (κ2) is 8.93. The summed E-state index contributed by atoms with van der Waals surface area (Å²) in [5, 5.41) is 14.3. The van der Waals surface area contributed by atoms with E-state index in [0.717, 1.165) is 18.6 Å². The van der Waals surface area contributed by atoms with E-state index in [2.05, 4.69) is 10.6 Å². The molecule has 0 bridgehead atoms. The summed E-state index contributed by atoms with van der Waals surface area (Å²) < 4.78 is 13.9. The third-order valence-corrected chi connectivity index (χ3v) is 4.09. The van der Waals surface area contributed by atoms with Gasteiger partial charge in [-0.1, -0.05) is 19.1 Å². The summed E-state index contributed by atoms with van der Waals surface area (Å²) >= 11 is 0. The normalized spacial score (nSPS) is 11.5. The monoisotopic (exact) mass is 372 g/mol. The molecule has 0 aliphatic rings. The molecule has 1 atom stereocenters. The Morgan fingerprint density at radius 1 is 1.07 bits per heavy atom. The molecule has 0 radical (unpaired) electrons. The van der Waals surface area contributed by atoms with Crippen LogP contribution in [0, 0.1) is 5.82 Å². The fraction of sp³-hybridized carbons (Fsp3) is 0.250. The van der Waals surface area contributed by atoms with Crippen molar-refractivity contribution in [2.24, 2.45) is 0 Å². The number of hydrogen-bond acceptors (Lipinski definition) is 3. The van der Waals surface area contributed by atoms with Gasteiger partial charge in [0.05, 0.1) is 11.1 Å². The van der Waals surface area contributed by atoms with Gasteiger partial charge in [0.25, 0.3) is 11.8 Å². The predicted octanol–water partition coefficient (Wildman–Crippen LogP) is 2.98. The molecule has 0 fully saturated rings. The van der Waals surface area contributed by atoms with Crippen molar-refractivity contribution >= 4 is 17.8 Å². The van der Waals surface area contributed by atoms with Gasteiger partial charge < -0.3 is 15.7 Å². The molecule has 27 heavy (non-hydrogen) atoms. The van der Waals surface area contributed by atoms with Crippen molar-refractivity contribution in [1.29, 1.82) is 0 Å². The highest BCUT2D eigenvalue weighted by atomic mass is 19.1. The standard InChI is InChI=1S/C20H21FN2O4/c1-3-12(2)23-18(24)14-6-4-5-13(9-14)11-22-19(25)16-8-7-15(20(26)27)10-17(16)21/h4-10,12H,3,11H2,1-2H3,(H,22,25)(H,23,24)(H,26,27). The number of carboxylic acid groups (broad SMARTS) is 1. The molecule has 0 aliphatic carbocycles. The van der Waals surface area contributed by atoms with Crippen LogP contribution in [0.25, 0.3) is 0 Å². The molecule has 1 unspecified atom stereocenters. The van der Waals surface area contributed by atoms with E-state index in [1.54, 1.807) is 24.3 Å². The smallest absolute Gasteiger partial charge is 0.335 e. The van der Waals surface area contributed by atoms with E-state index in [-0.39, 0.29) is 29.6 Å². The fourth-order valence-corrected chi connectivity index (χ4v) is 2.34. The van der Waals surface area contributed by atoms with Gasteiger partial charge in [-0.25, -0.2) is 9.18 Å². The van der Waals surface area contributed by atoms with Crippen LogP contribution in [0.15, 0.2) is 42.5 Å². The maximum Gasteiger partial charge on any atom is 0.335 e. The lowest BCUT2D eigenvalue weighted by Gasteiger charge is -2.12. The maximum absolute atomic E-state index is 13.9. The van der Waals surface area contributed by atoms with Gasteiger partial charge in [0.2, 0.25) is 0 Å². The molecule has 0 aliphatic heterocycles. The average molecular weight is 372 g/mol. The molecular weight excluding hydrogens is 351 g/mol. The molecule has 2 aromatic carbocycles. The third kappa shape index (κ3) is 5.37. The van der Waals surface area contributed by atoms with Gasteiger partial charge in [-0.3, -0.25) is 9.59 Å². The number of benzene rings is 2. The van der Waals surface area contributed by atoms with Gasteiger partial charge in [0, 0.05) is 18.2 Å². The zero-order chi connectivity index (χ0) is 20.0. The maximum atomic E-state index is 13.9. The second-order valence-electron chi connectivity index (χ2n) is 6.17. The molecule has 142 valence electrons. The summed E-state index contributed by atoms with van der Waals surface area (Å²) in [5.41, 5.74) is 0.677. The number of hydrogen-bond donors (Lipinski definition) is 3. The topological polar surface area (TPSA) is 95.5 Å².